The van der Waals surface area contributed by atoms with Crippen LogP contribution in [0.25, 0.3) is 0 Å². The molecule has 1 aromatic carbocycles. The highest BCUT2D eigenvalue weighted by molar-refractivity contribution is 5.37. The molecule has 0 aliphatic carbocycles. The third kappa shape index (κ3) is 4.10. The monoisotopic (exact) mass is 260 g/mol. The summed E-state index contributed by atoms with van der Waals surface area (Å²) in [6.45, 7) is 7.54. The van der Waals surface area contributed by atoms with Gasteiger partial charge in [-0.3, -0.25) is 0 Å². The molecule has 4 heteroatoms. The molecule has 0 saturated carbocycles. The third-order valence-corrected chi connectivity index (χ3v) is 2.78. The van der Waals surface area contributed by atoms with Gasteiger partial charge in [0.15, 0.2) is 5.76 Å². The van der Waals surface area contributed by atoms with Gasteiger partial charge in [0, 0.05) is 24.2 Å². The van der Waals surface area contributed by atoms with Crippen molar-refractivity contribution >= 4 is 0 Å². The number of aromatic nitrogens is 1. The highest BCUT2D eigenvalue weighted by Gasteiger charge is 2.06. The molecule has 1 heterocycles. The summed E-state index contributed by atoms with van der Waals surface area (Å²) in [6, 6.07) is 8.45. The van der Waals surface area contributed by atoms with E-state index in [0.717, 1.165) is 23.6 Å². The fourth-order valence-corrected chi connectivity index (χ4v) is 1.77. The summed E-state index contributed by atoms with van der Waals surface area (Å²) >= 11 is 0. The minimum atomic E-state index is 0.401. The van der Waals surface area contributed by atoms with Crippen molar-refractivity contribution in [3.8, 4) is 5.75 Å². The highest BCUT2D eigenvalue weighted by Crippen LogP contribution is 2.21. The zero-order valence-corrected chi connectivity index (χ0v) is 11.6. The van der Waals surface area contributed by atoms with Crippen LogP contribution in [0, 0.1) is 6.92 Å². The summed E-state index contributed by atoms with van der Waals surface area (Å²) in [5.41, 5.74) is 2.39. The van der Waals surface area contributed by atoms with Crippen LogP contribution in [0.3, 0.4) is 0 Å². The van der Waals surface area contributed by atoms with Gasteiger partial charge in [-0.1, -0.05) is 36.7 Å². The zero-order chi connectivity index (χ0) is 13.7. The summed E-state index contributed by atoms with van der Waals surface area (Å²) in [5.74, 6) is 1.61. The van der Waals surface area contributed by atoms with Gasteiger partial charge in [-0.25, -0.2) is 0 Å². The number of hydrogen-bond acceptors (Lipinski definition) is 4. The van der Waals surface area contributed by atoms with E-state index >= 15 is 0 Å². The van der Waals surface area contributed by atoms with E-state index < -0.39 is 0 Å². The molecular formula is C15H20N2O2. The Bertz CT molecular complexity index is 507. The molecule has 0 atom stereocenters. The van der Waals surface area contributed by atoms with E-state index in [2.05, 4.69) is 43.4 Å². The SMILES string of the molecule is Cc1ccc(OCc2ccno2)c(CNC(C)C)c1. The predicted molar refractivity (Wildman–Crippen MR) is 74.0 cm³/mol. The normalized spacial score (nSPS) is 10.9. The second-order valence-electron chi connectivity index (χ2n) is 4.91. The molecule has 19 heavy (non-hydrogen) atoms. The highest BCUT2D eigenvalue weighted by atomic mass is 16.5. The molecule has 0 bridgehead atoms. The molecular weight excluding hydrogens is 240 g/mol. The lowest BCUT2D eigenvalue weighted by molar-refractivity contribution is 0.247. The van der Waals surface area contributed by atoms with Crippen molar-refractivity contribution < 1.29 is 9.26 Å². The van der Waals surface area contributed by atoms with Crippen LogP contribution in [0.1, 0.15) is 30.7 Å². The van der Waals surface area contributed by atoms with Gasteiger partial charge in [0.1, 0.15) is 12.4 Å². The Morgan fingerprint density at radius 2 is 2.16 bits per heavy atom. The van der Waals surface area contributed by atoms with Gasteiger partial charge in [-0.05, 0) is 13.0 Å². The van der Waals surface area contributed by atoms with Gasteiger partial charge in [0.05, 0.1) is 6.20 Å². The van der Waals surface area contributed by atoms with Gasteiger partial charge in [0.2, 0.25) is 0 Å². The summed E-state index contributed by atoms with van der Waals surface area (Å²) < 4.78 is 10.8. The van der Waals surface area contributed by atoms with Crippen molar-refractivity contribution in [1.29, 1.82) is 0 Å². The number of rotatable bonds is 6. The first-order chi connectivity index (χ1) is 9.15. The average molecular weight is 260 g/mol. The summed E-state index contributed by atoms with van der Waals surface area (Å²) in [5, 5.41) is 7.07. The van der Waals surface area contributed by atoms with Crippen LogP contribution in [0.5, 0.6) is 5.75 Å². The van der Waals surface area contributed by atoms with Crippen molar-refractivity contribution in [2.24, 2.45) is 0 Å². The third-order valence-electron chi connectivity index (χ3n) is 2.78. The van der Waals surface area contributed by atoms with Crippen molar-refractivity contribution in [3.05, 3.63) is 47.3 Å². The molecule has 0 radical (unpaired) electrons. The first kappa shape index (κ1) is 13.6. The lowest BCUT2D eigenvalue weighted by Gasteiger charge is -2.14. The maximum Gasteiger partial charge on any atom is 0.174 e. The van der Waals surface area contributed by atoms with Crippen LogP contribution in [0.2, 0.25) is 0 Å². The Labute approximate surface area is 113 Å². The van der Waals surface area contributed by atoms with Crippen LogP contribution < -0.4 is 10.1 Å². The number of benzene rings is 1. The Morgan fingerprint density at radius 3 is 2.84 bits per heavy atom. The maximum absolute atomic E-state index is 5.80. The van der Waals surface area contributed by atoms with Gasteiger partial charge >= 0.3 is 0 Å². The Balaban J connectivity index is 2.05. The number of hydrogen-bond donors (Lipinski definition) is 1. The number of nitrogens with one attached hydrogen (secondary N) is 1. The minimum Gasteiger partial charge on any atom is -0.485 e. The fraction of sp³-hybridized carbons (Fsp3) is 0.400. The van der Waals surface area contributed by atoms with Gasteiger partial charge in [0.25, 0.3) is 0 Å². The van der Waals surface area contributed by atoms with Gasteiger partial charge in [-0.15, -0.1) is 0 Å². The first-order valence-electron chi connectivity index (χ1n) is 6.50. The average Bonchev–Trinajstić information content (AvgIpc) is 2.88. The molecule has 102 valence electrons. The van der Waals surface area contributed by atoms with Crippen molar-refractivity contribution in [3.63, 3.8) is 0 Å². The van der Waals surface area contributed by atoms with E-state index in [4.69, 9.17) is 9.26 Å². The van der Waals surface area contributed by atoms with Gasteiger partial charge in [-0.2, -0.15) is 0 Å². The first-order valence-corrected chi connectivity index (χ1v) is 6.50. The number of ether oxygens (including phenoxy) is 1. The molecule has 1 N–H and O–H groups in total. The van der Waals surface area contributed by atoms with Crippen LogP contribution in [-0.2, 0) is 13.2 Å². The fourth-order valence-electron chi connectivity index (χ4n) is 1.77. The number of nitrogens with zero attached hydrogens (tertiary/aromatic N) is 1. The van der Waals surface area contributed by atoms with E-state index in [1.54, 1.807) is 12.3 Å². The largest absolute Gasteiger partial charge is 0.485 e. The summed E-state index contributed by atoms with van der Waals surface area (Å²) in [4.78, 5) is 0. The van der Waals surface area contributed by atoms with E-state index in [-0.39, 0.29) is 0 Å². The van der Waals surface area contributed by atoms with E-state index in [0.29, 0.717) is 12.6 Å². The van der Waals surface area contributed by atoms with Crippen molar-refractivity contribution in [2.75, 3.05) is 0 Å². The Morgan fingerprint density at radius 1 is 1.32 bits per heavy atom. The van der Waals surface area contributed by atoms with Crippen LogP contribution in [0.15, 0.2) is 35.0 Å². The smallest absolute Gasteiger partial charge is 0.174 e. The minimum absolute atomic E-state index is 0.401. The Kier molecular flexibility index (Phi) is 4.58. The molecule has 4 nitrogen and oxygen atoms in total. The molecule has 0 fully saturated rings. The second kappa shape index (κ2) is 6.38. The predicted octanol–water partition coefficient (Wildman–Crippen LogP) is 3.06. The lowest BCUT2D eigenvalue weighted by Crippen LogP contribution is -2.22. The molecule has 0 spiro atoms. The van der Waals surface area contributed by atoms with Crippen molar-refractivity contribution in [2.45, 2.75) is 40.0 Å². The van der Waals surface area contributed by atoms with E-state index in [9.17, 15) is 0 Å². The molecule has 0 aliphatic rings. The lowest BCUT2D eigenvalue weighted by atomic mass is 10.1. The van der Waals surface area contributed by atoms with E-state index in [1.807, 2.05) is 6.07 Å². The second-order valence-corrected chi connectivity index (χ2v) is 4.91. The summed E-state index contributed by atoms with van der Waals surface area (Å²) in [6.07, 6.45) is 1.62. The van der Waals surface area contributed by atoms with Crippen LogP contribution in [-0.4, -0.2) is 11.2 Å². The molecule has 2 rings (SSSR count). The molecule has 0 amide bonds. The molecule has 2 aromatic rings. The maximum atomic E-state index is 5.80. The molecule has 0 aliphatic heterocycles. The zero-order valence-electron chi connectivity index (χ0n) is 11.6. The number of aryl methyl sites for hydroxylation is 1. The van der Waals surface area contributed by atoms with E-state index in [1.165, 1.54) is 5.56 Å². The molecule has 0 saturated heterocycles. The van der Waals surface area contributed by atoms with Crippen LogP contribution in [0.4, 0.5) is 0 Å². The Hall–Kier alpha value is -1.81. The van der Waals surface area contributed by atoms with Gasteiger partial charge < -0.3 is 14.6 Å². The van der Waals surface area contributed by atoms with Crippen LogP contribution >= 0.6 is 0 Å². The standard InChI is InChI=1S/C15H20N2O2/c1-11(2)16-9-13-8-12(3)4-5-15(13)18-10-14-6-7-17-19-14/h4-8,11,16H,9-10H2,1-3H3. The molecule has 0 unspecified atom stereocenters. The topological polar surface area (TPSA) is 47.3 Å². The molecule has 1 aromatic heterocycles. The summed E-state index contributed by atoms with van der Waals surface area (Å²) in [7, 11) is 0. The van der Waals surface area contributed by atoms with Crippen molar-refractivity contribution in [1.82, 2.24) is 10.5 Å². The quantitative estimate of drug-likeness (QED) is 0.867.